The number of rotatable bonds is 9. The van der Waals surface area contributed by atoms with Gasteiger partial charge in [-0.2, -0.15) is 0 Å². The van der Waals surface area contributed by atoms with Gasteiger partial charge in [0.2, 0.25) is 0 Å². The Labute approximate surface area is 167 Å². The number of aromatic nitrogens is 1. The van der Waals surface area contributed by atoms with Crippen molar-refractivity contribution in [3.05, 3.63) is 75.4 Å². The van der Waals surface area contributed by atoms with Crippen molar-refractivity contribution in [3.8, 4) is 0 Å². The van der Waals surface area contributed by atoms with Gasteiger partial charge in [0.25, 0.3) is 0 Å². The molecule has 0 aliphatic heterocycles. The summed E-state index contributed by atoms with van der Waals surface area (Å²) in [5, 5.41) is 7.77. The highest BCUT2D eigenvalue weighted by atomic mass is 16.1. The zero-order chi connectivity index (χ0) is 19.9. The number of para-hydroxylation sites is 1. The van der Waals surface area contributed by atoms with E-state index in [1.54, 1.807) is 6.07 Å². The number of aromatic amines is 1. The predicted octanol–water partition coefficient (Wildman–Crippen LogP) is 4.76. The van der Waals surface area contributed by atoms with Crippen molar-refractivity contribution in [3.63, 3.8) is 0 Å². The van der Waals surface area contributed by atoms with Gasteiger partial charge in [-0.15, -0.1) is 0 Å². The number of anilines is 1. The Balaban J connectivity index is 1.58. The Morgan fingerprint density at radius 3 is 2.50 bits per heavy atom. The first-order valence-electron chi connectivity index (χ1n) is 10.2. The molecular formula is C24H31N3O. The number of fused-ring (bicyclic) bond motifs is 1. The molecule has 0 aliphatic rings. The topological polar surface area (TPSA) is 56.9 Å². The smallest absolute Gasteiger partial charge is 0.191 e. The molecule has 0 bridgehead atoms. The van der Waals surface area contributed by atoms with Gasteiger partial charge in [0, 0.05) is 24.5 Å². The van der Waals surface area contributed by atoms with E-state index in [1.165, 1.54) is 16.7 Å². The summed E-state index contributed by atoms with van der Waals surface area (Å²) in [5.74, 6) is 1.30. The van der Waals surface area contributed by atoms with E-state index in [-0.39, 0.29) is 5.43 Å². The minimum absolute atomic E-state index is 0.0526. The van der Waals surface area contributed by atoms with Crippen LogP contribution in [0.2, 0.25) is 0 Å². The van der Waals surface area contributed by atoms with Gasteiger partial charge in [-0.1, -0.05) is 54.8 Å². The second kappa shape index (κ2) is 9.56. The second-order valence-corrected chi connectivity index (χ2v) is 7.76. The largest absolute Gasteiger partial charge is 0.371 e. The highest BCUT2D eigenvalue weighted by Crippen LogP contribution is 2.13. The summed E-state index contributed by atoms with van der Waals surface area (Å²) < 4.78 is 0. The SMILES string of the molecule is CCCC(CNCc1cc(C)cc(C)c1)CNc1cc(=O)c2ccccc2[nH]1. The fourth-order valence-electron chi connectivity index (χ4n) is 3.82. The lowest BCUT2D eigenvalue weighted by molar-refractivity contribution is 0.459. The van der Waals surface area contributed by atoms with Crippen LogP contribution in [0.5, 0.6) is 0 Å². The van der Waals surface area contributed by atoms with Crippen LogP contribution < -0.4 is 16.1 Å². The van der Waals surface area contributed by atoms with E-state index in [0.717, 1.165) is 49.2 Å². The highest BCUT2D eigenvalue weighted by Gasteiger charge is 2.09. The van der Waals surface area contributed by atoms with Crippen molar-refractivity contribution < 1.29 is 0 Å². The minimum atomic E-state index is 0.0526. The molecular weight excluding hydrogens is 346 g/mol. The molecule has 0 saturated carbocycles. The molecule has 0 fully saturated rings. The molecule has 3 rings (SSSR count). The summed E-state index contributed by atoms with van der Waals surface area (Å²) in [6, 6.07) is 16.0. The second-order valence-electron chi connectivity index (χ2n) is 7.76. The Morgan fingerprint density at radius 2 is 1.75 bits per heavy atom. The molecule has 1 atom stereocenters. The van der Waals surface area contributed by atoms with E-state index in [0.29, 0.717) is 5.92 Å². The number of hydrogen-bond acceptors (Lipinski definition) is 3. The van der Waals surface area contributed by atoms with Gasteiger partial charge in [0.05, 0.1) is 5.52 Å². The van der Waals surface area contributed by atoms with Gasteiger partial charge in [-0.3, -0.25) is 4.79 Å². The molecule has 4 nitrogen and oxygen atoms in total. The van der Waals surface area contributed by atoms with Gasteiger partial charge >= 0.3 is 0 Å². The van der Waals surface area contributed by atoms with Crippen LogP contribution >= 0.6 is 0 Å². The molecule has 2 aromatic carbocycles. The monoisotopic (exact) mass is 377 g/mol. The third-order valence-corrected chi connectivity index (χ3v) is 5.06. The van der Waals surface area contributed by atoms with E-state index in [4.69, 9.17) is 0 Å². The Kier molecular flexibility index (Phi) is 6.88. The molecule has 1 aromatic heterocycles. The summed E-state index contributed by atoms with van der Waals surface area (Å²) in [4.78, 5) is 15.6. The third-order valence-electron chi connectivity index (χ3n) is 5.06. The molecule has 3 N–H and O–H groups in total. The number of benzene rings is 2. The average Bonchev–Trinajstić information content (AvgIpc) is 2.65. The van der Waals surface area contributed by atoms with Crippen LogP contribution in [0.1, 0.15) is 36.5 Å². The molecule has 0 amide bonds. The first kappa shape index (κ1) is 20.2. The van der Waals surface area contributed by atoms with Crippen LogP contribution in [0, 0.1) is 19.8 Å². The number of nitrogens with one attached hydrogen (secondary N) is 3. The summed E-state index contributed by atoms with van der Waals surface area (Å²) in [6.45, 7) is 9.17. The lowest BCUT2D eigenvalue weighted by Gasteiger charge is -2.19. The maximum atomic E-state index is 12.3. The maximum absolute atomic E-state index is 12.3. The molecule has 0 aliphatic carbocycles. The van der Waals surface area contributed by atoms with Crippen molar-refractivity contribution in [2.75, 3.05) is 18.4 Å². The van der Waals surface area contributed by atoms with Crippen molar-refractivity contribution in [1.29, 1.82) is 0 Å². The zero-order valence-electron chi connectivity index (χ0n) is 17.1. The normalized spacial score (nSPS) is 12.2. The Morgan fingerprint density at radius 1 is 1.00 bits per heavy atom. The molecule has 148 valence electrons. The van der Waals surface area contributed by atoms with Gasteiger partial charge < -0.3 is 15.6 Å². The van der Waals surface area contributed by atoms with E-state index >= 15 is 0 Å². The number of H-pyrrole nitrogens is 1. The fraction of sp³-hybridized carbons (Fsp3) is 0.375. The van der Waals surface area contributed by atoms with Gasteiger partial charge in [-0.25, -0.2) is 0 Å². The maximum Gasteiger partial charge on any atom is 0.191 e. The number of pyridine rings is 1. The Hall–Kier alpha value is -2.59. The van der Waals surface area contributed by atoms with Crippen molar-refractivity contribution in [1.82, 2.24) is 10.3 Å². The van der Waals surface area contributed by atoms with Crippen LogP contribution in [0.4, 0.5) is 5.82 Å². The molecule has 4 heteroatoms. The zero-order valence-corrected chi connectivity index (χ0v) is 17.1. The first-order chi connectivity index (χ1) is 13.5. The van der Waals surface area contributed by atoms with Crippen molar-refractivity contribution >= 4 is 16.7 Å². The Bertz CT molecular complexity index is 957. The van der Waals surface area contributed by atoms with Crippen molar-refractivity contribution in [2.24, 2.45) is 5.92 Å². The number of aryl methyl sites for hydroxylation is 2. The molecule has 1 unspecified atom stereocenters. The molecule has 0 spiro atoms. The van der Waals surface area contributed by atoms with Crippen LogP contribution in [0.25, 0.3) is 10.9 Å². The van der Waals surface area contributed by atoms with E-state index in [2.05, 4.69) is 54.6 Å². The molecule has 0 radical (unpaired) electrons. The summed E-state index contributed by atoms with van der Waals surface area (Å²) in [6.07, 6.45) is 2.29. The molecule has 28 heavy (non-hydrogen) atoms. The van der Waals surface area contributed by atoms with E-state index in [1.807, 2.05) is 24.3 Å². The summed E-state index contributed by atoms with van der Waals surface area (Å²) in [5.41, 5.74) is 4.88. The van der Waals surface area contributed by atoms with Crippen LogP contribution in [-0.4, -0.2) is 18.1 Å². The molecule has 3 aromatic rings. The van der Waals surface area contributed by atoms with Gasteiger partial charge in [0.15, 0.2) is 5.43 Å². The van der Waals surface area contributed by atoms with E-state index < -0.39 is 0 Å². The highest BCUT2D eigenvalue weighted by molar-refractivity contribution is 5.79. The quantitative estimate of drug-likeness (QED) is 0.504. The fourth-order valence-corrected chi connectivity index (χ4v) is 3.82. The number of hydrogen-bond donors (Lipinski definition) is 3. The standard InChI is InChI=1S/C24H31N3O/c1-4-7-19(14-25-15-20-11-17(2)10-18(3)12-20)16-26-24-13-23(28)21-8-5-6-9-22(21)27-24/h5-6,8-13,19,25H,4,7,14-16H2,1-3H3,(H2,26,27,28). The lowest BCUT2D eigenvalue weighted by atomic mass is 10.0. The van der Waals surface area contributed by atoms with E-state index in [9.17, 15) is 4.79 Å². The van der Waals surface area contributed by atoms with Crippen LogP contribution in [0.3, 0.4) is 0 Å². The predicted molar refractivity (Wildman–Crippen MR) is 119 cm³/mol. The minimum Gasteiger partial charge on any atom is -0.371 e. The van der Waals surface area contributed by atoms with Crippen molar-refractivity contribution in [2.45, 2.75) is 40.2 Å². The van der Waals surface area contributed by atoms with Crippen LogP contribution in [0.15, 0.2) is 53.3 Å². The third kappa shape index (κ3) is 5.46. The lowest BCUT2D eigenvalue weighted by Crippen LogP contribution is -2.28. The molecule has 0 saturated heterocycles. The van der Waals surface area contributed by atoms with Gasteiger partial charge in [0.1, 0.15) is 5.82 Å². The summed E-state index contributed by atoms with van der Waals surface area (Å²) >= 11 is 0. The van der Waals surface area contributed by atoms with Gasteiger partial charge in [-0.05, 0) is 50.4 Å². The average molecular weight is 378 g/mol. The summed E-state index contributed by atoms with van der Waals surface area (Å²) in [7, 11) is 0. The first-order valence-corrected chi connectivity index (χ1v) is 10.2. The van der Waals surface area contributed by atoms with Crippen LogP contribution in [-0.2, 0) is 6.54 Å². The molecule has 1 heterocycles.